The zero-order valence-corrected chi connectivity index (χ0v) is 18.3. The Kier molecular flexibility index (Phi) is 7.18. The van der Waals surface area contributed by atoms with Crippen LogP contribution in [0.4, 0.5) is 18.0 Å². The Balaban J connectivity index is 2.20. The highest BCUT2D eigenvalue weighted by Crippen LogP contribution is 2.38. The fourth-order valence-electron chi connectivity index (χ4n) is 3.78. The third kappa shape index (κ3) is 4.93. The van der Waals surface area contributed by atoms with Gasteiger partial charge in [0, 0.05) is 23.3 Å². The molecule has 1 heterocycles. The lowest BCUT2D eigenvalue weighted by atomic mass is 9.87. The number of aromatic nitrogens is 1. The SMILES string of the molecule is CCOC(=O)CC(c1ccc(C(F)(F)F)cc1)c1cn(C(=O)O)c2c(CSC)cccc12. The highest BCUT2D eigenvalue weighted by atomic mass is 32.2. The number of alkyl halides is 3. The molecule has 1 unspecified atom stereocenters. The number of halogens is 3. The van der Waals surface area contributed by atoms with Crippen molar-refractivity contribution in [2.24, 2.45) is 0 Å². The summed E-state index contributed by atoms with van der Waals surface area (Å²) in [6, 6.07) is 9.96. The van der Waals surface area contributed by atoms with E-state index in [4.69, 9.17) is 4.74 Å². The number of benzene rings is 2. The van der Waals surface area contributed by atoms with Crippen molar-refractivity contribution in [1.82, 2.24) is 4.57 Å². The van der Waals surface area contributed by atoms with Crippen LogP contribution in [0.25, 0.3) is 10.9 Å². The monoisotopic (exact) mass is 465 g/mol. The van der Waals surface area contributed by atoms with E-state index in [1.165, 1.54) is 30.1 Å². The van der Waals surface area contributed by atoms with Gasteiger partial charge in [0.1, 0.15) is 0 Å². The zero-order valence-electron chi connectivity index (χ0n) is 17.5. The topological polar surface area (TPSA) is 68.5 Å². The van der Waals surface area contributed by atoms with Gasteiger partial charge in [0.15, 0.2) is 0 Å². The fourth-order valence-corrected chi connectivity index (χ4v) is 4.32. The largest absolute Gasteiger partial charge is 0.466 e. The average molecular weight is 465 g/mol. The smallest absolute Gasteiger partial charge is 0.416 e. The van der Waals surface area contributed by atoms with Crippen LogP contribution in [-0.4, -0.2) is 34.6 Å². The Morgan fingerprint density at radius 1 is 1.16 bits per heavy atom. The molecule has 1 atom stereocenters. The molecule has 32 heavy (non-hydrogen) atoms. The third-order valence-electron chi connectivity index (χ3n) is 5.14. The molecule has 0 aliphatic heterocycles. The Hall–Kier alpha value is -2.94. The molecule has 1 N–H and O–H groups in total. The number of hydrogen-bond donors (Lipinski definition) is 1. The van der Waals surface area contributed by atoms with Crippen LogP contribution in [0, 0.1) is 0 Å². The van der Waals surface area contributed by atoms with E-state index in [0.29, 0.717) is 27.8 Å². The first-order valence-electron chi connectivity index (χ1n) is 9.85. The highest BCUT2D eigenvalue weighted by Gasteiger charge is 2.31. The van der Waals surface area contributed by atoms with Gasteiger partial charge in [-0.2, -0.15) is 24.9 Å². The average Bonchev–Trinajstić information content (AvgIpc) is 3.13. The van der Waals surface area contributed by atoms with Crippen LogP contribution in [0.1, 0.15) is 41.5 Å². The summed E-state index contributed by atoms with van der Waals surface area (Å²) in [6.07, 6.45) is -2.46. The van der Waals surface area contributed by atoms with Crippen LogP contribution in [0.2, 0.25) is 0 Å². The third-order valence-corrected chi connectivity index (χ3v) is 5.74. The van der Waals surface area contributed by atoms with Crippen molar-refractivity contribution in [1.29, 1.82) is 0 Å². The minimum atomic E-state index is -4.48. The molecule has 0 bridgehead atoms. The zero-order chi connectivity index (χ0) is 23.5. The number of carbonyl (C=O) groups is 2. The number of fused-ring (bicyclic) bond motifs is 1. The Morgan fingerprint density at radius 3 is 2.41 bits per heavy atom. The maximum absolute atomic E-state index is 13.0. The van der Waals surface area contributed by atoms with Crippen LogP contribution in [0.15, 0.2) is 48.7 Å². The number of carboxylic acid groups (broad SMARTS) is 1. The first kappa shape index (κ1) is 23.7. The normalized spacial score (nSPS) is 12.7. The molecule has 0 radical (unpaired) electrons. The molecule has 0 aliphatic rings. The summed E-state index contributed by atoms with van der Waals surface area (Å²) in [5.74, 6) is -0.616. The van der Waals surface area contributed by atoms with Gasteiger partial charge in [0.2, 0.25) is 0 Å². The number of nitrogens with zero attached hydrogens (tertiary/aromatic N) is 1. The van der Waals surface area contributed by atoms with Crippen LogP contribution >= 0.6 is 11.8 Å². The number of ether oxygens (including phenoxy) is 1. The fraction of sp³-hybridized carbons (Fsp3) is 0.304. The van der Waals surface area contributed by atoms with Crippen LogP contribution in [0.5, 0.6) is 0 Å². The van der Waals surface area contributed by atoms with E-state index >= 15 is 0 Å². The van der Waals surface area contributed by atoms with E-state index in [-0.39, 0.29) is 13.0 Å². The summed E-state index contributed by atoms with van der Waals surface area (Å²) >= 11 is 1.54. The van der Waals surface area contributed by atoms with Gasteiger partial charge in [-0.1, -0.05) is 30.3 Å². The standard InChI is InChI=1S/C23H22F3NO4S/c1-3-31-20(28)11-18(14-7-9-16(10-8-14)23(24,25)26)19-12-27(22(29)30)21-15(13-32-2)5-4-6-17(19)21/h4-10,12,18H,3,11,13H2,1-2H3,(H,29,30). The molecule has 2 aromatic carbocycles. The maximum Gasteiger partial charge on any atom is 0.416 e. The van der Waals surface area contributed by atoms with Gasteiger partial charge in [0.05, 0.1) is 24.1 Å². The molecule has 3 rings (SSSR count). The molecule has 9 heteroatoms. The van der Waals surface area contributed by atoms with E-state index in [1.807, 2.05) is 12.3 Å². The lowest BCUT2D eigenvalue weighted by Crippen LogP contribution is -2.12. The molecular weight excluding hydrogens is 443 g/mol. The molecule has 170 valence electrons. The second-order valence-electron chi connectivity index (χ2n) is 7.16. The second-order valence-corrected chi connectivity index (χ2v) is 8.03. The molecule has 0 aliphatic carbocycles. The molecule has 0 saturated carbocycles. The first-order chi connectivity index (χ1) is 15.2. The molecule has 0 fully saturated rings. The van der Waals surface area contributed by atoms with Crippen LogP contribution in [-0.2, 0) is 21.5 Å². The molecular formula is C23H22F3NO4S. The summed E-state index contributed by atoms with van der Waals surface area (Å²) in [5.41, 5.74) is 1.52. The Morgan fingerprint density at radius 2 is 1.84 bits per heavy atom. The highest BCUT2D eigenvalue weighted by molar-refractivity contribution is 7.97. The predicted octanol–water partition coefficient (Wildman–Crippen LogP) is 6.13. The number of hydrogen-bond acceptors (Lipinski definition) is 4. The number of para-hydroxylation sites is 1. The number of thioether (sulfide) groups is 1. The summed E-state index contributed by atoms with van der Waals surface area (Å²) in [4.78, 5) is 24.3. The number of esters is 1. The number of carbonyl (C=O) groups excluding carboxylic acids is 1. The molecule has 5 nitrogen and oxygen atoms in total. The quantitative estimate of drug-likeness (QED) is 0.425. The number of rotatable bonds is 7. The van der Waals surface area contributed by atoms with E-state index < -0.39 is 29.7 Å². The molecule has 0 spiro atoms. The summed E-state index contributed by atoms with van der Waals surface area (Å²) in [6.45, 7) is 1.82. The van der Waals surface area contributed by atoms with Crippen molar-refractivity contribution in [3.05, 3.63) is 70.9 Å². The van der Waals surface area contributed by atoms with Crippen LogP contribution < -0.4 is 0 Å². The van der Waals surface area contributed by atoms with Crippen molar-refractivity contribution in [2.45, 2.75) is 31.2 Å². The summed E-state index contributed by atoms with van der Waals surface area (Å²) < 4.78 is 45.3. The maximum atomic E-state index is 13.0. The van der Waals surface area contributed by atoms with E-state index in [0.717, 1.165) is 22.3 Å². The molecule has 3 aromatic rings. The predicted molar refractivity (Wildman–Crippen MR) is 117 cm³/mol. The van der Waals surface area contributed by atoms with Gasteiger partial charge in [-0.15, -0.1) is 0 Å². The van der Waals surface area contributed by atoms with Gasteiger partial charge < -0.3 is 9.84 Å². The summed E-state index contributed by atoms with van der Waals surface area (Å²) in [7, 11) is 0. The van der Waals surface area contributed by atoms with Crippen molar-refractivity contribution in [3.63, 3.8) is 0 Å². The van der Waals surface area contributed by atoms with Gasteiger partial charge in [-0.25, -0.2) is 4.79 Å². The van der Waals surface area contributed by atoms with E-state index in [1.54, 1.807) is 19.1 Å². The van der Waals surface area contributed by atoms with Gasteiger partial charge in [0.25, 0.3) is 0 Å². The Bertz CT molecular complexity index is 1120. The minimum Gasteiger partial charge on any atom is -0.466 e. The molecule has 0 saturated heterocycles. The minimum absolute atomic E-state index is 0.134. The van der Waals surface area contributed by atoms with Crippen LogP contribution in [0.3, 0.4) is 0 Å². The Labute approximate surface area is 187 Å². The van der Waals surface area contributed by atoms with E-state index in [2.05, 4.69) is 0 Å². The first-order valence-corrected chi connectivity index (χ1v) is 11.2. The molecule has 1 aromatic heterocycles. The van der Waals surface area contributed by atoms with Crippen molar-refractivity contribution in [3.8, 4) is 0 Å². The van der Waals surface area contributed by atoms with E-state index in [9.17, 15) is 27.9 Å². The van der Waals surface area contributed by atoms with Gasteiger partial charge in [-0.3, -0.25) is 9.36 Å². The lowest BCUT2D eigenvalue weighted by molar-refractivity contribution is -0.143. The van der Waals surface area contributed by atoms with Gasteiger partial charge in [-0.05, 0) is 42.0 Å². The lowest BCUT2D eigenvalue weighted by Gasteiger charge is -2.17. The molecule has 0 amide bonds. The summed E-state index contributed by atoms with van der Waals surface area (Å²) in [5, 5.41) is 10.4. The second kappa shape index (κ2) is 9.68. The van der Waals surface area contributed by atoms with Crippen molar-refractivity contribution in [2.75, 3.05) is 12.9 Å². The van der Waals surface area contributed by atoms with Crippen molar-refractivity contribution >= 4 is 34.7 Å². The van der Waals surface area contributed by atoms with Crippen molar-refractivity contribution < 1.29 is 32.6 Å². The van der Waals surface area contributed by atoms with Gasteiger partial charge >= 0.3 is 18.2 Å².